The fourth-order valence-electron chi connectivity index (χ4n) is 3.18. The Labute approximate surface area is 142 Å². The van der Waals surface area contributed by atoms with Crippen molar-refractivity contribution < 1.29 is 9.59 Å². The van der Waals surface area contributed by atoms with Crippen molar-refractivity contribution in [1.82, 2.24) is 5.32 Å². The average Bonchev–Trinajstić information content (AvgIpc) is 2.55. The molecule has 0 aliphatic heterocycles. The van der Waals surface area contributed by atoms with E-state index in [0.29, 0.717) is 17.8 Å². The van der Waals surface area contributed by atoms with E-state index in [1.54, 1.807) is 24.3 Å². The second-order valence-electron chi connectivity index (χ2n) is 6.44. The quantitative estimate of drug-likeness (QED) is 0.813. The van der Waals surface area contributed by atoms with Crippen LogP contribution in [0.1, 0.15) is 42.1 Å². The molecule has 4 nitrogen and oxygen atoms in total. The molecule has 0 spiro atoms. The molecule has 2 aromatic carbocycles. The third kappa shape index (κ3) is 3.48. The summed E-state index contributed by atoms with van der Waals surface area (Å²) in [6, 6.07) is 17.1. The van der Waals surface area contributed by atoms with Crippen molar-refractivity contribution >= 4 is 17.5 Å². The highest BCUT2D eigenvalue weighted by molar-refractivity contribution is 5.95. The van der Waals surface area contributed by atoms with Gasteiger partial charge in [0.25, 0.3) is 0 Å². The van der Waals surface area contributed by atoms with Crippen LogP contribution in [0.2, 0.25) is 0 Å². The Bertz CT molecular complexity index is 719. The van der Waals surface area contributed by atoms with Gasteiger partial charge in [0.15, 0.2) is 5.78 Å². The Kier molecular flexibility index (Phi) is 4.65. The number of benzene rings is 2. The summed E-state index contributed by atoms with van der Waals surface area (Å²) >= 11 is 0. The monoisotopic (exact) mass is 322 g/mol. The van der Waals surface area contributed by atoms with Gasteiger partial charge in [-0.2, -0.15) is 0 Å². The van der Waals surface area contributed by atoms with E-state index >= 15 is 0 Å². The molecule has 0 aromatic heterocycles. The number of nitrogens with one attached hydrogen (secondary N) is 2. The maximum absolute atomic E-state index is 12.2. The van der Waals surface area contributed by atoms with Gasteiger partial charge in [-0.25, -0.2) is 4.79 Å². The highest BCUT2D eigenvalue weighted by atomic mass is 16.2. The third-order valence-electron chi connectivity index (χ3n) is 4.83. The molecule has 0 unspecified atom stereocenters. The van der Waals surface area contributed by atoms with E-state index in [9.17, 15) is 9.59 Å². The van der Waals surface area contributed by atoms with Crippen LogP contribution in [0.4, 0.5) is 10.5 Å². The van der Waals surface area contributed by atoms with Gasteiger partial charge in [0.05, 0.1) is 0 Å². The maximum atomic E-state index is 12.2. The first kappa shape index (κ1) is 16.2. The number of carbonyl (C=O) groups is 2. The standard InChI is InChI=1S/C20H22N2O2/c1-15(23)16-8-10-18(11-9-16)22-19(24)21-14-20(12-5-13-20)17-6-3-2-4-7-17/h2-4,6-11H,5,12-14H2,1H3,(H2,21,22,24). The summed E-state index contributed by atoms with van der Waals surface area (Å²) in [7, 11) is 0. The predicted octanol–water partition coefficient (Wildman–Crippen LogP) is 4.13. The number of rotatable bonds is 5. The average molecular weight is 322 g/mol. The van der Waals surface area contributed by atoms with Crippen molar-refractivity contribution in [2.75, 3.05) is 11.9 Å². The first-order valence-electron chi connectivity index (χ1n) is 8.30. The van der Waals surface area contributed by atoms with Crippen molar-refractivity contribution in [2.24, 2.45) is 0 Å². The van der Waals surface area contributed by atoms with E-state index in [0.717, 1.165) is 12.8 Å². The number of carbonyl (C=O) groups excluding carboxylic acids is 2. The summed E-state index contributed by atoms with van der Waals surface area (Å²) < 4.78 is 0. The molecule has 0 radical (unpaired) electrons. The van der Waals surface area contributed by atoms with Crippen LogP contribution < -0.4 is 10.6 Å². The number of urea groups is 1. The van der Waals surface area contributed by atoms with Crippen molar-refractivity contribution in [1.29, 1.82) is 0 Å². The molecule has 1 saturated carbocycles. The van der Waals surface area contributed by atoms with E-state index < -0.39 is 0 Å². The lowest BCUT2D eigenvalue weighted by Gasteiger charge is -2.42. The molecule has 0 bridgehead atoms. The molecular formula is C20H22N2O2. The molecule has 124 valence electrons. The molecule has 0 atom stereocenters. The largest absolute Gasteiger partial charge is 0.337 e. The normalized spacial score (nSPS) is 15.2. The van der Waals surface area contributed by atoms with Crippen molar-refractivity contribution in [3.05, 3.63) is 65.7 Å². The third-order valence-corrected chi connectivity index (χ3v) is 4.83. The summed E-state index contributed by atoms with van der Waals surface area (Å²) in [5.41, 5.74) is 2.68. The molecule has 2 amide bonds. The summed E-state index contributed by atoms with van der Waals surface area (Å²) in [4.78, 5) is 23.4. The topological polar surface area (TPSA) is 58.2 Å². The van der Waals surface area contributed by atoms with Gasteiger partial charge in [-0.05, 0) is 49.6 Å². The molecule has 2 N–H and O–H groups in total. The minimum Gasteiger partial charge on any atom is -0.337 e. The van der Waals surface area contributed by atoms with Gasteiger partial charge in [0, 0.05) is 23.2 Å². The molecule has 1 fully saturated rings. The minimum absolute atomic E-state index is 0.0146. The van der Waals surface area contributed by atoms with E-state index in [4.69, 9.17) is 0 Å². The minimum atomic E-state index is -0.215. The second-order valence-corrected chi connectivity index (χ2v) is 6.44. The molecule has 1 aliphatic rings. The lowest BCUT2D eigenvalue weighted by atomic mass is 9.64. The molecule has 24 heavy (non-hydrogen) atoms. The van der Waals surface area contributed by atoms with Crippen molar-refractivity contribution in [3.8, 4) is 0 Å². The fourth-order valence-corrected chi connectivity index (χ4v) is 3.18. The number of ketones is 1. The summed E-state index contributed by atoms with van der Waals surface area (Å²) in [5, 5.41) is 5.81. The van der Waals surface area contributed by atoms with Gasteiger partial charge in [-0.1, -0.05) is 36.8 Å². The molecule has 1 aliphatic carbocycles. The lowest BCUT2D eigenvalue weighted by molar-refractivity contribution is 0.101. The number of Topliss-reactive ketones (excluding diaryl/α,β-unsaturated/α-hetero) is 1. The van der Waals surface area contributed by atoms with Gasteiger partial charge in [0.1, 0.15) is 0 Å². The smallest absolute Gasteiger partial charge is 0.319 e. The second kappa shape index (κ2) is 6.87. The molecule has 4 heteroatoms. The highest BCUT2D eigenvalue weighted by Gasteiger charge is 2.38. The maximum Gasteiger partial charge on any atom is 0.319 e. The Balaban J connectivity index is 1.58. The number of hydrogen-bond acceptors (Lipinski definition) is 2. The van der Waals surface area contributed by atoms with Crippen LogP contribution in [0, 0.1) is 0 Å². The van der Waals surface area contributed by atoms with E-state index in [2.05, 4.69) is 22.8 Å². The zero-order valence-corrected chi connectivity index (χ0v) is 13.8. The van der Waals surface area contributed by atoms with Gasteiger partial charge in [-0.15, -0.1) is 0 Å². The van der Waals surface area contributed by atoms with Gasteiger partial charge >= 0.3 is 6.03 Å². The van der Waals surface area contributed by atoms with Gasteiger partial charge in [0.2, 0.25) is 0 Å². The van der Waals surface area contributed by atoms with E-state index in [1.807, 2.05) is 18.2 Å². The van der Waals surface area contributed by atoms with Crippen LogP contribution in [0.15, 0.2) is 54.6 Å². The van der Waals surface area contributed by atoms with Crippen LogP contribution in [0.25, 0.3) is 0 Å². The number of amides is 2. The van der Waals surface area contributed by atoms with Crippen LogP contribution in [0.3, 0.4) is 0 Å². The SMILES string of the molecule is CC(=O)c1ccc(NC(=O)NCC2(c3ccccc3)CCC2)cc1. The highest BCUT2D eigenvalue weighted by Crippen LogP contribution is 2.43. The summed E-state index contributed by atoms with van der Waals surface area (Å²) in [5.74, 6) is 0.0146. The van der Waals surface area contributed by atoms with Gasteiger partial charge < -0.3 is 10.6 Å². The van der Waals surface area contributed by atoms with E-state index in [1.165, 1.54) is 18.9 Å². The van der Waals surface area contributed by atoms with Crippen LogP contribution in [-0.2, 0) is 5.41 Å². The van der Waals surface area contributed by atoms with Gasteiger partial charge in [-0.3, -0.25) is 4.79 Å². The van der Waals surface area contributed by atoms with Crippen LogP contribution in [0.5, 0.6) is 0 Å². The predicted molar refractivity (Wildman–Crippen MR) is 95.4 cm³/mol. The van der Waals surface area contributed by atoms with E-state index in [-0.39, 0.29) is 17.2 Å². The molecule has 0 heterocycles. The molecule has 3 rings (SSSR count). The molecule has 0 saturated heterocycles. The number of hydrogen-bond donors (Lipinski definition) is 2. The zero-order chi connectivity index (χ0) is 17.0. The Morgan fingerprint density at radius 1 is 1.00 bits per heavy atom. The number of anilines is 1. The molecular weight excluding hydrogens is 300 g/mol. The van der Waals surface area contributed by atoms with Crippen molar-refractivity contribution in [2.45, 2.75) is 31.6 Å². The van der Waals surface area contributed by atoms with Crippen LogP contribution in [-0.4, -0.2) is 18.4 Å². The first-order chi connectivity index (χ1) is 11.6. The van der Waals surface area contributed by atoms with Crippen LogP contribution >= 0.6 is 0 Å². The lowest BCUT2D eigenvalue weighted by Crippen LogP contribution is -2.46. The fraction of sp³-hybridized carbons (Fsp3) is 0.300. The Hall–Kier alpha value is -2.62. The Morgan fingerprint density at radius 2 is 1.67 bits per heavy atom. The van der Waals surface area contributed by atoms with Crippen molar-refractivity contribution in [3.63, 3.8) is 0 Å². The molecule has 2 aromatic rings. The Morgan fingerprint density at radius 3 is 2.21 bits per heavy atom. The zero-order valence-electron chi connectivity index (χ0n) is 13.8. The summed E-state index contributed by atoms with van der Waals surface area (Å²) in [6.07, 6.45) is 3.40. The summed E-state index contributed by atoms with van der Waals surface area (Å²) in [6.45, 7) is 2.16. The first-order valence-corrected chi connectivity index (χ1v) is 8.30.